The van der Waals surface area contributed by atoms with Crippen molar-refractivity contribution in [1.82, 2.24) is 5.43 Å². The van der Waals surface area contributed by atoms with Gasteiger partial charge in [0.1, 0.15) is 17.4 Å². The Morgan fingerprint density at radius 3 is 2.72 bits per heavy atom. The lowest BCUT2D eigenvalue weighted by atomic mass is 10.0. The van der Waals surface area contributed by atoms with Crippen molar-refractivity contribution >= 4 is 26.9 Å². The number of fused-ring (bicyclic) bond motifs is 1. The van der Waals surface area contributed by atoms with Crippen LogP contribution < -0.4 is 11.3 Å². The summed E-state index contributed by atoms with van der Waals surface area (Å²) in [6, 6.07) is 9.40. The average Bonchev–Trinajstić information content (AvgIpc) is 2.99. The van der Waals surface area contributed by atoms with E-state index in [2.05, 4.69) is 21.4 Å². The minimum absolute atomic E-state index is 0.252. The van der Waals surface area contributed by atoms with E-state index >= 15 is 0 Å². The Morgan fingerprint density at radius 1 is 1.17 bits per heavy atom. The molecule has 3 N–H and O–H groups in total. The fraction of sp³-hybridized carbons (Fsp3) is 0.0769. The Morgan fingerprint density at radius 2 is 2.00 bits per heavy atom. The molecule has 18 heavy (non-hydrogen) atoms. The van der Waals surface area contributed by atoms with E-state index in [1.54, 1.807) is 12.5 Å². The quantitative estimate of drug-likeness (QED) is 0.575. The van der Waals surface area contributed by atoms with E-state index in [-0.39, 0.29) is 6.04 Å². The normalized spacial score (nSPS) is 13.0. The molecule has 5 heteroatoms. The van der Waals surface area contributed by atoms with Crippen LogP contribution in [0.25, 0.3) is 11.0 Å². The lowest BCUT2D eigenvalue weighted by Crippen LogP contribution is -2.28. The minimum Gasteiger partial charge on any atom is -0.466 e. The van der Waals surface area contributed by atoms with E-state index in [9.17, 15) is 0 Å². The van der Waals surface area contributed by atoms with Crippen LogP contribution in [0.4, 0.5) is 0 Å². The standard InChI is InChI=1S/C13H11BrN2O2/c14-10-5-6-17-13(10)12(16-15)9-7-18-11-4-2-1-3-8(9)11/h1-7,12,16H,15H2. The van der Waals surface area contributed by atoms with Gasteiger partial charge in [-0.1, -0.05) is 18.2 Å². The third-order valence-electron chi connectivity index (χ3n) is 2.90. The average molecular weight is 307 g/mol. The van der Waals surface area contributed by atoms with Gasteiger partial charge < -0.3 is 8.83 Å². The van der Waals surface area contributed by atoms with Gasteiger partial charge in [-0.2, -0.15) is 0 Å². The minimum atomic E-state index is -0.252. The Hall–Kier alpha value is -1.56. The van der Waals surface area contributed by atoms with Crippen LogP contribution in [0.3, 0.4) is 0 Å². The highest BCUT2D eigenvalue weighted by Crippen LogP contribution is 2.33. The number of hydrazine groups is 1. The molecule has 2 aromatic heterocycles. The van der Waals surface area contributed by atoms with Crippen molar-refractivity contribution in [3.8, 4) is 0 Å². The van der Waals surface area contributed by atoms with E-state index in [4.69, 9.17) is 14.7 Å². The van der Waals surface area contributed by atoms with E-state index in [0.29, 0.717) is 0 Å². The van der Waals surface area contributed by atoms with Crippen LogP contribution >= 0.6 is 15.9 Å². The largest absolute Gasteiger partial charge is 0.466 e. The molecule has 0 saturated carbocycles. The molecule has 3 aromatic rings. The Kier molecular flexibility index (Phi) is 2.95. The highest BCUT2D eigenvalue weighted by Gasteiger charge is 2.22. The summed E-state index contributed by atoms with van der Waals surface area (Å²) in [6.07, 6.45) is 3.32. The van der Waals surface area contributed by atoms with E-state index < -0.39 is 0 Å². The molecule has 1 unspecified atom stereocenters. The van der Waals surface area contributed by atoms with Gasteiger partial charge in [0.05, 0.1) is 17.0 Å². The van der Waals surface area contributed by atoms with Gasteiger partial charge >= 0.3 is 0 Å². The molecule has 0 amide bonds. The molecule has 3 rings (SSSR count). The topological polar surface area (TPSA) is 64.3 Å². The van der Waals surface area contributed by atoms with Crippen LogP contribution in [0.5, 0.6) is 0 Å². The Labute approximate surface area is 112 Å². The molecule has 4 nitrogen and oxygen atoms in total. The summed E-state index contributed by atoms with van der Waals surface area (Å²) in [5.41, 5.74) is 4.53. The van der Waals surface area contributed by atoms with Gasteiger partial charge in [0, 0.05) is 10.9 Å². The number of furan rings is 2. The molecule has 0 bridgehead atoms. The first-order chi connectivity index (χ1) is 8.81. The molecule has 1 atom stereocenters. The van der Waals surface area contributed by atoms with Crippen LogP contribution in [0.15, 0.2) is 56.2 Å². The Bertz CT molecular complexity index is 674. The van der Waals surface area contributed by atoms with Crippen molar-refractivity contribution in [1.29, 1.82) is 0 Å². The summed E-state index contributed by atoms with van der Waals surface area (Å²) in [7, 11) is 0. The van der Waals surface area contributed by atoms with Crippen molar-refractivity contribution in [3.05, 3.63) is 58.7 Å². The van der Waals surface area contributed by atoms with E-state index in [1.807, 2.05) is 30.3 Å². The molecule has 0 aliphatic rings. The second-order valence-corrected chi connectivity index (χ2v) is 4.77. The number of nitrogens with two attached hydrogens (primary N) is 1. The maximum atomic E-state index is 5.64. The first-order valence-electron chi connectivity index (χ1n) is 5.46. The molecular weight excluding hydrogens is 296 g/mol. The lowest BCUT2D eigenvalue weighted by molar-refractivity contribution is 0.448. The zero-order valence-electron chi connectivity index (χ0n) is 9.39. The smallest absolute Gasteiger partial charge is 0.140 e. The molecule has 0 radical (unpaired) electrons. The second kappa shape index (κ2) is 4.61. The molecule has 0 fully saturated rings. The highest BCUT2D eigenvalue weighted by atomic mass is 79.9. The number of nitrogens with one attached hydrogen (secondary N) is 1. The summed E-state index contributed by atoms with van der Waals surface area (Å²) in [4.78, 5) is 0. The van der Waals surface area contributed by atoms with E-state index in [0.717, 1.165) is 26.8 Å². The van der Waals surface area contributed by atoms with Gasteiger partial charge in [0.2, 0.25) is 0 Å². The van der Waals surface area contributed by atoms with E-state index in [1.165, 1.54) is 0 Å². The number of rotatable bonds is 3. The Balaban J connectivity index is 2.15. The van der Waals surface area contributed by atoms with Crippen LogP contribution in [0, 0.1) is 0 Å². The van der Waals surface area contributed by atoms with Crippen LogP contribution in [-0.4, -0.2) is 0 Å². The SMILES string of the molecule is NNC(c1occc1Br)c1coc2ccccc12. The summed E-state index contributed by atoms with van der Waals surface area (Å²) in [5.74, 6) is 6.37. The number of hydrogen-bond acceptors (Lipinski definition) is 4. The molecular formula is C13H11BrN2O2. The summed E-state index contributed by atoms with van der Waals surface area (Å²) >= 11 is 3.44. The van der Waals surface area contributed by atoms with Gasteiger partial charge in [0.25, 0.3) is 0 Å². The van der Waals surface area contributed by atoms with Gasteiger partial charge in [-0.25, -0.2) is 5.43 Å². The van der Waals surface area contributed by atoms with Crippen molar-refractivity contribution in [2.75, 3.05) is 0 Å². The second-order valence-electron chi connectivity index (χ2n) is 3.92. The molecule has 2 heterocycles. The van der Waals surface area contributed by atoms with Gasteiger partial charge in [-0.15, -0.1) is 0 Å². The fourth-order valence-electron chi connectivity index (χ4n) is 2.04. The van der Waals surface area contributed by atoms with Gasteiger partial charge in [-0.05, 0) is 28.1 Å². The van der Waals surface area contributed by atoms with Crippen molar-refractivity contribution in [2.45, 2.75) is 6.04 Å². The number of halogens is 1. The van der Waals surface area contributed by atoms with Crippen LogP contribution in [-0.2, 0) is 0 Å². The predicted molar refractivity (Wildman–Crippen MR) is 71.8 cm³/mol. The summed E-state index contributed by atoms with van der Waals surface area (Å²) in [6.45, 7) is 0. The first-order valence-corrected chi connectivity index (χ1v) is 6.25. The van der Waals surface area contributed by atoms with Crippen LogP contribution in [0.2, 0.25) is 0 Å². The van der Waals surface area contributed by atoms with Crippen molar-refractivity contribution < 1.29 is 8.83 Å². The molecule has 1 aromatic carbocycles. The summed E-state index contributed by atoms with van der Waals surface area (Å²) in [5, 5.41) is 1.02. The van der Waals surface area contributed by atoms with Crippen LogP contribution in [0.1, 0.15) is 17.4 Å². The first kappa shape index (κ1) is 11.5. The zero-order chi connectivity index (χ0) is 12.5. The molecule has 0 spiro atoms. The molecule has 0 aliphatic heterocycles. The predicted octanol–water partition coefficient (Wildman–Crippen LogP) is 3.34. The van der Waals surface area contributed by atoms with Crippen molar-refractivity contribution in [3.63, 3.8) is 0 Å². The summed E-state index contributed by atoms with van der Waals surface area (Å²) < 4.78 is 11.8. The lowest BCUT2D eigenvalue weighted by Gasteiger charge is -2.12. The number of para-hydroxylation sites is 1. The number of benzene rings is 1. The van der Waals surface area contributed by atoms with Crippen molar-refractivity contribution in [2.24, 2.45) is 5.84 Å². The third-order valence-corrected chi connectivity index (χ3v) is 3.55. The maximum absolute atomic E-state index is 5.64. The molecule has 92 valence electrons. The molecule has 0 saturated heterocycles. The number of hydrogen-bond donors (Lipinski definition) is 2. The monoisotopic (exact) mass is 306 g/mol. The fourth-order valence-corrected chi connectivity index (χ4v) is 2.47. The highest BCUT2D eigenvalue weighted by molar-refractivity contribution is 9.10. The zero-order valence-corrected chi connectivity index (χ0v) is 11.0. The van der Waals surface area contributed by atoms with Gasteiger partial charge in [0.15, 0.2) is 0 Å². The maximum Gasteiger partial charge on any atom is 0.140 e. The van der Waals surface area contributed by atoms with Gasteiger partial charge in [-0.3, -0.25) is 5.84 Å². The molecule has 0 aliphatic carbocycles. The third kappa shape index (κ3) is 1.77.